The molecule has 10 heteroatoms. The van der Waals surface area contributed by atoms with E-state index in [9.17, 15) is 0 Å². The van der Waals surface area contributed by atoms with Crippen LogP contribution in [0.4, 0.5) is 103 Å². The molecule has 4 heterocycles. The SMILES string of the molecule is Cc1cc(N(c2cccnc2)c2cccc3ccccc23)c2ccc3c(C)cc(N(c4ccccn4)c4cccc5ccccc45)c4ccc1c2c34.Cc1ccc(N(c2ccccc2)c2ccc3ccc4c(N(c5ccccc5)c5ccc(C)nc5)ccc5ccc2c3c54)nc1.c1ccc(N(c2ccccc2)c2ccc3ccc4c(N(c5ccccc5)c5ccccc5)ccc5ccc2c3c54)cc1. The zero-order valence-electron chi connectivity index (χ0n) is 76.7. The van der Waals surface area contributed by atoms with Crippen molar-refractivity contribution in [3.05, 3.63) is 508 Å². The molecule has 26 rings (SSSR count). The van der Waals surface area contributed by atoms with Gasteiger partial charge in [0.15, 0.2) is 0 Å². The van der Waals surface area contributed by atoms with E-state index in [-0.39, 0.29) is 0 Å². The number of nitrogens with zero attached hydrogens (tertiary/aromatic N) is 10. The van der Waals surface area contributed by atoms with E-state index in [2.05, 4.69) is 503 Å². The fourth-order valence-electron chi connectivity index (χ4n) is 20.9. The van der Waals surface area contributed by atoms with Gasteiger partial charge in [-0.3, -0.25) is 19.8 Å². The minimum absolute atomic E-state index is 0.879. The number of anilines is 18. The maximum Gasteiger partial charge on any atom is 0.137 e. The fraction of sp³-hybridized carbons (Fsp3) is 0.0312. The standard InChI is InChI=1S/C48H34N4.C40H30N4.C40H28N2/c1-31-28-44(51(35-16-11-26-49-30-35)42-19-9-14-33-12-3-5-17-38(33)42)40-24-22-37-32(2)29-45(41-25-23-36(31)47(40)48(37)41)52(46-21-7-8-27-50-46)43-20-10-15-34-13-4-6-18-39(34)43;1-27-13-24-38(42-25-27)44(32-11-7-4-8-12-32)37-23-18-30-15-20-34-36(22-17-29-16-21-35(37)40(30)39(29)34)43(31-9-5-3-6-10-31)33-19-14-28(2)41-26-33;1-5-13-31(14-6-1)41(32-15-7-2-8-16-32)37-27-23-29-22-26-36-38(28-24-30-21-25-35(37)39(29)40(30)36)42(33-17-9-3-10-18-33)34-19-11-4-12-20-34/h3-30H,1-2H3;3-26H,1-2H3;1-28H. The first-order valence-electron chi connectivity index (χ1n) is 47.0. The van der Waals surface area contributed by atoms with Crippen LogP contribution >= 0.6 is 0 Å². The predicted octanol–water partition coefficient (Wildman–Crippen LogP) is 35.7. The largest absolute Gasteiger partial charge is 0.310 e. The molecule has 0 spiro atoms. The lowest BCUT2D eigenvalue weighted by Crippen LogP contribution is -2.13. The van der Waals surface area contributed by atoms with Gasteiger partial charge in [0.25, 0.3) is 0 Å². The molecular formula is C128H92N10. The number of aryl methyl sites for hydroxylation is 4. The smallest absolute Gasteiger partial charge is 0.137 e. The highest BCUT2D eigenvalue weighted by Crippen LogP contribution is 2.54. The summed E-state index contributed by atoms with van der Waals surface area (Å²) in [6.45, 7) is 8.57. The minimum Gasteiger partial charge on any atom is -0.310 e. The zero-order chi connectivity index (χ0) is 92.3. The summed E-state index contributed by atoms with van der Waals surface area (Å²) in [5.74, 6) is 1.77. The molecule has 4 aromatic heterocycles. The van der Waals surface area contributed by atoms with Crippen molar-refractivity contribution in [3.63, 3.8) is 0 Å². The van der Waals surface area contributed by atoms with Crippen LogP contribution in [0, 0.1) is 27.7 Å². The van der Waals surface area contributed by atoms with E-state index in [1.807, 2.05) is 50.0 Å². The van der Waals surface area contributed by atoms with Gasteiger partial charge >= 0.3 is 0 Å². The van der Waals surface area contributed by atoms with Crippen molar-refractivity contribution in [2.24, 2.45) is 0 Å². The van der Waals surface area contributed by atoms with Gasteiger partial charge in [0.1, 0.15) is 11.6 Å². The highest BCUT2D eigenvalue weighted by atomic mass is 15.2. The van der Waals surface area contributed by atoms with Crippen molar-refractivity contribution in [1.29, 1.82) is 0 Å². The Balaban J connectivity index is 0.000000113. The molecule has 0 bridgehead atoms. The Bertz CT molecular complexity index is 8320. The summed E-state index contributed by atoms with van der Waals surface area (Å²) in [5.41, 5.74) is 22.3. The molecule has 0 aliphatic rings. The molecule has 654 valence electrons. The summed E-state index contributed by atoms with van der Waals surface area (Å²) < 4.78 is 0. The van der Waals surface area contributed by atoms with Crippen molar-refractivity contribution in [3.8, 4) is 0 Å². The number of benzene rings is 22. The Morgan fingerprint density at radius 3 is 0.899 bits per heavy atom. The zero-order valence-corrected chi connectivity index (χ0v) is 76.7. The molecule has 0 N–H and O–H groups in total. The first-order valence-corrected chi connectivity index (χ1v) is 47.0. The maximum absolute atomic E-state index is 4.93. The number of hydrogen-bond donors (Lipinski definition) is 0. The Hall–Kier alpha value is -18.1. The first-order chi connectivity index (χ1) is 68.2. The Morgan fingerprint density at radius 2 is 0.500 bits per heavy atom. The summed E-state index contributed by atoms with van der Waals surface area (Å²) in [6.07, 6.45) is 9.59. The topological polar surface area (TPSA) is 71.0 Å². The van der Waals surface area contributed by atoms with Gasteiger partial charge < -0.3 is 19.6 Å². The number of fused-ring (bicyclic) bond motifs is 2. The van der Waals surface area contributed by atoms with Crippen LogP contribution in [-0.2, 0) is 0 Å². The second-order valence-corrected chi connectivity index (χ2v) is 35.5. The number of para-hydroxylation sites is 6. The second-order valence-electron chi connectivity index (χ2n) is 35.5. The van der Waals surface area contributed by atoms with Crippen molar-refractivity contribution < 1.29 is 0 Å². The highest BCUT2D eigenvalue weighted by molar-refractivity contribution is 6.32. The molecular weight excluding hydrogens is 1680 g/mol. The fourth-order valence-corrected chi connectivity index (χ4v) is 20.9. The van der Waals surface area contributed by atoms with E-state index >= 15 is 0 Å². The van der Waals surface area contributed by atoms with Gasteiger partial charge in [-0.25, -0.2) is 9.97 Å². The lowest BCUT2D eigenvalue weighted by Gasteiger charge is -2.30. The minimum atomic E-state index is 0.879. The number of pyridine rings is 4. The molecule has 0 radical (unpaired) electrons. The maximum atomic E-state index is 4.93. The van der Waals surface area contributed by atoms with Crippen molar-refractivity contribution in [1.82, 2.24) is 19.9 Å². The van der Waals surface area contributed by atoms with Gasteiger partial charge in [-0.05, 0) is 284 Å². The molecule has 0 saturated heterocycles. The molecule has 26 aromatic rings. The third-order valence-corrected chi connectivity index (χ3v) is 27.1. The van der Waals surface area contributed by atoms with E-state index < -0.39 is 0 Å². The molecule has 0 unspecified atom stereocenters. The van der Waals surface area contributed by atoms with Gasteiger partial charge in [-0.1, -0.05) is 291 Å². The van der Waals surface area contributed by atoms with Crippen molar-refractivity contribution in [2.75, 3.05) is 29.4 Å². The predicted molar refractivity (Wildman–Crippen MR) is 584 cm³/mol. The Kier molecular flexibility index (Phi) is 21.3. The molecule has 22 aromatic carbocycles. The van der Waals surface area contributed by atoms with Crippen LogP contribution in [0.15, 0.2) is 486 Å². The average molecular weight is 1770 g/mol. The number of rotatable bonds is 18. The van der Waals surface area contributed by atoms with E-state index in [4.69, 9.17) is 9.97 Å². The van der Waals surface area contributed by atoms with Gasteiger partial charge in [-0.2, -0.15) is 0 Å². The first kappa shape index (κ1) is 83.0. The van der Waals surface area contributed by atoms with Crippen molar-refractivity contribution in [2.45, 2.75) is 27.7 Å². The average Bonchev–Trinajstić information content (AvgIpc) is 0.732. The Labute approximate surface area is 801 Å². The molecule has 10 nitrogen and oxygen atoms in total. The van der Waals surface area contributed by atoms with E-state index in [0.29, 0.717) is 0 Å². The van der Waals surface area contributed by atoms with Crippen LogP contribution in [0.2, 0.25) is 0 Å². The molecule has 0 aliphatic heterocycles. The van der Waals surface area contributed by atoms with Gasteiger partial charge in [0, 0.05) is 101 Å². The summed E-state index contributed by atoms with van der Waals surface area (Å²) in [7, 11) is 0. The van der Waals surface area contributed by atoms with Crippen LogP contribution < -0.4 is 29.4 Å². The second kappa shape index (κ2) is 35.4. The molecule has 0 saturated carbocycles. The van der Waals surface area contributed by atoms with Crippen LogP contribution in [0.25, 0.3) is 118 Å². The van der Waals surface area contributed by atoms with Crippen molar-refractivity contribution >= 4 is 221 Å². The third-order valence-electron chi connectivity index (χ3n) is 27.1. The summed E-state index contributed by atoms with van der Waals surface area (Å²) >= 11 is 0. The molecule has 0 fully saturated rings. The van der Waals surface area contributed by atoms with Crippen LogP contribution in [0.3, 0.4) is 0 Å². The summed E-state index contributed by atoms with van der Waals surface area (Å²) in [5, 5.41) is 27.1. The quantitative estimate of drug-likeness (QED) is 0.0776. The monoisotopic (exact) mass is 1770 g/mol. The lowest BCUT2D eigenvalue weighted by atomic mass is 9.88. The van der Waals surface area contributed by atoms with Gasteiger partial charge in [-0.15, -0.1) is 0 Å². The molecule has 0 amide bonds. The number of aromatic nitrogens is 4. The van der Waals surface area contributed by atoms with E-state index in [1.165, 1.54) is 141 Å². The van der Waals surface area contributed by atoms with Crippen LogP contribution in [0.5, 0.6) is 0 Å². The third kappa shape index (κ3) is 14.8. The van der Waals surface area contributed by atoms with E-state index in [0.717, 1.165) is 103 Å². The van der Waals surface area contributed by atoms with E-state index in [1.54, 1.807) is 0 Å². The van der Waals surface area contributed by atoms with Crippen LogP contribution in [-0.4, -0.2) is 19.9 Å². The van der Waals surface area contributed by atoms with Gasteiger partial charge in [0.05, 0.1) is 69.3 Å². The van der Waals surface area contributed by atoms with Crippen LogP contribution in [0.1, 0.15) is 22.4 Å². The summed E-state index contributed by atoms with van der Waals surface area (Å²) in [6, 6.07) is 163. The molecule has 0 aliphatic carbocycles. The highest BCUT2D eigenvalue weighted by Gasteiger charge is 2.30. The number of hydrogen-bond acceptors (Lipinski definition) is 10. The normalized spacial score (nSPS) is 11.5. The summed E-state index contributed by atoms with van der Waals surface area (Å²) in [4.78, 5) is 33.1. The molecule has 138 heavy (non-hydrogen) atoms. The molecule has 0 atom stereocenters. The Morgan fingerprint density at radius 1 is 0.167 bits per heavy atom. The van der Waals surface area contributed by atoms with Gasteiger partial charge in [0.2, 0.25) is 0 Å². The lowest BCUT2D eigenvalue weighted by molar-refractivity contribution is 1.17.